The first-order valence-electron chi connectivity index (χ1n) is 11.2. The molecule has 180 valence electrons. The van der Waals surface area contributed by atoms with Gasteiger partial charge in [-0.3, -0.25) is 10.2 Å². The van der Waals surface area contributed by atoms with Crippen LogP contribution in [0.15, 0.2) is 28.9 Å². The number of hydrogen-bond donors (Lipinski definition) is 4. The second-order valence-corrected chi connectivity index (χ2v) is 7.97. The van der Waals surface area contributed by atoms with Gasteiger partial charge >= 0.3 is 5.95 Å². The van der Waals surface area contributed by atoms with Gasteiger partial charge in [0.2, 0.25) is 5.75 Å². The number of nitrogens with zero attached hydrogens (tertiary/aromatic N) is 1. The average molecular weight is 514 g/mol. The number of halogens is 1. The van der Waals surface area contributed by atoms with Crippen LogP contribution >= 0.6 is 15.9 Å². The van der Waals surface area contributed by atoms with Crippen LogP contribution in [0.1, 0.15) is 57.1 Å². The highest BCUT2D eigenvalue weighted by molar-refractivity contribution is 9.10. The summed E-state index contributed by atoms with van der Waals surface area (Å²) in [7, 11) is 2.50. The van der Waals surface area contributed by atoms with E-state index in [1.165, 1.54) is 50.3 Å². The Morgan fingerprint density at radius 2 is 1.88 bits per heavy atom. The molecular formula is C23H39BrN5O3+. The molecule has 0 spiro atoms. The van der Waals surface area contributed by atoms with Crippen LogP contribution in [0.4, 0.5) is 11.8 Å². The second-order valence-electron chi connectivity index (χ2n) is 7.11. The predicted octanol–water partition coefficient (Wildman–Crippen LogP) is 4.65. The maximum Gasteiger partial charge on any atom is 0.391 e. The Balaban J connectivity index is 0.00000121. The molecular weight excluding hydrogens is 474 g/mol. The van der Waals surface area contributed by atoms with E-state index >= 15 is 0 Å². The van der Waals surface area contributed by atoms with E-state index in [0.717, 1.165) is 18.1 Å². The molecule has 0 saturated heterocycles. The molecule has 1 aromatic heterocycles. The number of aromatic nitrogens is 2. The van der Waals surface area contributed by atoms with Crippen molar-refractivity contribution < 1.29 is 19.8 Å². The summed E-state index contributed by atoms with van der Waals surface area (Å²) in [6, 6.07) is 6.19. The lowest BCUT2D eigenvalue weighted by molar-refractivity contribution is -0.367. The minimum absolute atomic E-state index is 0.557. The Morgan fingerprint density at radius 1 is 1.16 bits per heavy atom. The summed E-state index contributed by atoms with van der Waals surface area (Å²) in [4.78, 5) is 18.0. The molecule has 3 rings (SSSR count). The molecule has 0 amide bonds. The van der Waals surface area contributed by atoms with E-state index in [-0.39, 0.29) is 0 Å². The Morgan fingerprint density at radius 3 is 2.56 bits per heavy atom. The van der Waals surface area contributed by atoms with Crippen molar-refractivity contribution in [1.82, 2.24) is 10.6 Å². The minimum Gasteiger partial charge on any atom is -0.400 e. The molecule has 1 saturated carbocycles. The zero-order valence-corrected chi connectivity index (χ0v) is 21.5. The van der Waals surface area contributed by atoms with Gasteiger partial charge in [0.05, 0.1) is 13.7 Å². The number of rotatable bonds is 9. The lowest BCUT2D eigenvalue weighted by Gasteiger charge is -2.21. The van der Waals surface area contributed by atoms with Crippen molar-refractivity contribution in [3.05, 3.63) is 40.0 Å². The fourth-order valence-electron chi connectivity index (χ4n) is 3.44. The van der Waals surface area contributed by atoms with Crippen LogP contribution in [0.3, 0.4) is 0 Å². The van der Waals surface area contributed by atoms with Gasteiger partial charge < -0.3 is 15.3 Å². The van der Waals surface area contributed by atoms with E-state index in [1.54, 1.807) is 6.20 Å². The number of aliphatic hydroxyl groups is 1. The van der Waals surface area contributed by atoms with Crippen LogP contribution in [-0.2, 0) is 11.4 Å². The van der Waals surface area contributed by atoms with Gasteiger partial charge in [0.25, 0.3) is 5.82 Å². The third kappa shape index (κ3) is 9.28. The molecule has 1 aliphatic rings. The fraction of sp³-hybridized carbons (Fsp3) is 0.565. The van der Waals surface area contributed by atoms with Crippen molar-refractivity contribution in [2.75, 3.05) is 31.4 Å². The molecule has 2 aromatic rings. The lowest BCUT2D eigenvalue weighted by Crippen LogP contribution is -2.24. The van der Waals surface area contributed by atoms with Gasteiger partial charge in [0, 0.05) is 18.1 Å². The van der Waals surface area contributed by atoms with Gasteiger partial charge in [0.15, 0.2) is 0 Å². The molecule has 0 aliphatic heterocycles. The molecule has 1 aromatic carbocycles. The van der Waals surface area contributed by atoms with E-state index in [2.05, 4.69) is 55.2 Å². The van der Waals surface area contributed by atoms with Gasteiger partial charge in [-0.25, -0.2) is 4.98 Å². The summed E-state index contributed by atoms with van der Waals surface area (Å²) in [6.07, 6.45) is 8.28. The highest BCUT2D eigenvalue weighted by Gasteiger charge is 2.19. The Bertz CT molecular complexity index is 773. The average Bonchev–Trinajstić information content (AvgIpc) is 2.86. The van der Waals surface area contributed by atoms with Crippen molar-refractivity contribution in [3.8, 4) is 5.75 Å². The van der Waals surface area contributed by atoms with E-state index in [9.17, 15) is 0 Å². The van der Waals surface area contributed by atoms with Gasteiger partial charge in [0.1, 0.15) is 6.20 Å². The molecule has 1 aliphatic carbocycles. The summed E-state index contributed by atoms with van der Waals surface area (Å²) in [5, 5.41) is 13.8. The smallest absolute Gasteiger partial charge is 0.391 e. The van der Waals surface area contributed by atoms with Crippen LogP contribution < -0.4 is 26.1 Å². The maximum atomic E-state index is 7.00. The topological polar surface area (TPSA) is 102 Å². The number of H-pyrrole nitrogens is 1. The van der Waals surface area contributed by atoms with E-state index in [1.807, 2.05) is 26.0 Å². The third-order valence-corrected chi connectivity index (χ3v) is 6.00. The number of aliphatic hydroxyl groups excluding tert-OH is 1. The van der Waals surface area contributed by atoms with Crippen LogP contribution in [0, 0.1) is 12.8 Å². The summed E-state index contributed by atoms with van der Waals surface area (Å²) in [5.74, 6) is 2.60. The molecule has 0 atom stereocenters. The molecule has 1 fully saturated rings. The highest BCUT2D eigenvalue weighted by atomic mass is 79.9. The Kier molecular flexibility index (Phi) is 14.6. The minimum atomic E-state index is 0.557. The Hall–Kier alpha value is -1.94. The number of nitrogens with one attached hydrogen (secondary N) is 4. The molecule has 0 bridgehead atoms. The number of aromatic amines is 1. The predicted molar refractivity (Wildman–Crippen MR) is 132 cm³/mol. The summed E-state index contributed by atoms with van der Waals surface area (Å²) >= 11 is 3.58. The number of hydrogen-bond acceptors (Lipinski definition) is 7. The van der Waals surface area contributed by atoms with Crippen LogP contribution in [-0.4, -0.2) is 30.9 Å². The van der Waals surface area contributed by atoms with Crippen molar-refractivity contribution in [3.63, 3.8) is 0 Å². The SMILES string of the molecule is CC.CO.CONOc1c[nH+]c(NCc2cccc(Br)c2C)nc1NCC1CCCCC1. The molecule has 32 heavy (non-hydrogen) atoms. The van der Waals surface area contributed by atoms with E-state index in [0.29, 0.717) is 30.0 Å². The van der Waals surface area contributed by atoms with Crippen molar-refractivity contribution in [1.29, 1.82) is 0 Å². The normalized spacial score (nSPS) is 13.2. The van der Waals surface area contributed by atoms with Gasteiger partial charge in [-0.2, -0.15) is 0 Å². The zero-order valence-electron chi connectivity index (χ0n) is 19.9. The van der Waals surface area contributed by atoms with E-state index in [4.69, 9.17) is 14.8 Å². The molecule has 1 heterocycles. The van der Waals surface area contributed by atoms with Crippen molar-refractivity contribution in [2.24, 2.45) is 5.92 Å². The summed E-state index contributed by atoms with van der Waals surface area (Å²) in [5.41, 5.74) is 4.84. The Labute approximate surface area is 200 Å². The monoisotopic (exact) mass is 512 g/mol. The van der Waals surface area contributed by atoms with Crippen molar-refractivity contribution in [2.45, 2.75) is 59.4 Å². The second kappa shape index (κ2) is 16.7. The zero-order chi connectivity index (χ0) is 23.8. The van der Waals surface area contributed by atoms with Crippen LogP contribution in [0.25, 0.3) is 0 Å². The first-order valence-corrected chi connectivity index (χ1v) is 12.0. The van der Waals surface area contributed by atoms with E-state index < -0.39 is 0 Å². The van der Waals surface area contributed by atoms with Crippen LogP contribution in [0.2, 0.25) is 0 Å². The first kappa shape index (κ1) is 28.1. The summed E-state index contributed by atoms with van der Waals surface area (Å²) < 4.78 is 1.10. The first-order chi connectivity index (χ1) is 15.7. The largest absolute Gasteiger partial charge is 0.400 e. The molecule has 8 nitrogen and oxygen atoms in total. The van der Waals surface area contributed by atoms with Gasteiger partial charge in [-0.05, 0) is 53.5 Å². The number of benzene rings is 1. The highest BCUT2D eigenvalue weighted by Crippen LogP contribution is 2.26. The molecule has 9 heteroatoms. The van der Waals surface area contributed by atoms with Crippen molar-refractivity contribution >= 4 is 27.7 Å². The molecule has 0 radical (unpaired) electrons. The molecule has 5 N–H and O–H groups in total. The molecule has 0 unspecified atom stereocenters. The fourth-order valence-corrected chi connectivity index (χ4v) is 3.85. The van der Waals surface area contributed by atoms with Crippen LogP contribution in [0.5, 0.6) is 5.75 Å². The third-order valence-electron chi connectivity index (χ3n) is 5.14. The number of anilines is 2. The lowest BCUT2D eigenvalue weighted by atomic mass is 9.89. The van der Waals surface area contributed by atoms with Gasteiger partial charge in [-0.1, -0.05) is 61.2 Å². The van der Waals surface area contributed by atoms with Gasteiger partial charge in [-0.15, -0.1) is 0 Å². The maximum absolute atomic E-state index is 7.00. The summed E-state index contributed by atoms with van der Waals surface area (Å²) in [6.45, 7) is 7.67. The quantitative estimate of drug-likeness (QED) is 0.362. The standard InChI is InChI=1S/C20H28BrN5O2.C2H6.CH4O/c1-14-16(9-6-10-17(14)21)12-23-20-24-13-18(28-26-27-2)19(25-20)22-11-15-7-4-3-5-8-15;2*1-2/h6,9-10,13,15,26H,3-5,7-8,11-12H2,1-2H3,(H2,22,23,24,25);1-2H3;2H,1H3/p+1.